The molecule has 0 spiro atoms. The second kappa shape index (κ2) is 5.05. The monoisotopic (exact) mass is 206 g/mol. The van der Waals surface area contributed by atoms with Gasteiger partial charge in [-0.2, -0.15) is 0 Å². The number of ether oxygens (including phenoxy) is 2. The standard InChI is InChI=1S/C12H14O3/c13-7-6-11-8-14-9-15-12(11)10-4-2-1-3-5-10/h1-5,7,11-12H,6,8-9H2/t11-,12-/m1/s1. The highest BCUT2D eigenvalue weighted by Crippen LogP contribution is 2.31. The highest BCUT2D eigenvalue weighted by molar-refractivity contribution is 5.50. The van der Waals surface area contributed by atoms with Crippen LogP contribution in [0, 0.1) is 5.92 Å². The molecule has 1 aromatic rings. The Morgan fingerprint density at radius 1 is 1.33 bits per heavy atom. The van der Waals surface area contributed by atoms with E-state index in [2.05, 4.69) is 0 Å². The first kappa shape index (κ1) is 10.3. The molecule has 1 saturated heterocycles. The minimum absolute atomic E-state index is 0.00912. The van der Waals surface area contributed by atoms with E-state index in [1.165, 1.54) is 0 Å². The number of aldehydes is 1. The zero-order chi connectivity index (χ0) is 10.5. The SMILES string of the molecule is O=CC[C@@H]1COCO[C@@H]1c1ccccc1. The molecule has 1 heterocycles. The summed E-state index contributed by atoms with van der Waals surface area (Å²) in [6.45, 7) is 0.910. The van der Waals surface area contributed by atoms with Gasteiger partial charge in [0.15, 0.2) is 0 Å². The molecule has 1 aliphatic rings. The van der Waals surface area contributed by atoms with Crippen LogP contribution in [-0.4, -0.2) is 19.7 Å². The topological polar surface area (TPSA) is 35.5 Å². The maximum Gasteiger partial charge on any atom is 0.147 e. The Hall–Kier alpha value is -1.19. The molecule has 0 aliphatic carbocycles. The first-order valence-electron chi connectivity index (χ1n) is 5.09. The Morgan fingerprint density at radius 3 is 2.87 bits per heavy atom. The summed E-state index contributed by atoms with van der Waals surface area (Å²) in [4.78, 5) is 10.5. The lowest BCUT2D eigenvalue weighted by atomic mass is 9.93. The Balaban J connectivity index is 2.14. The third kappa shape index (κ3) is 2.43. The van der Waals surface area contributed by atoms with Gasteiger partial charge >= 0.3 is 0 Å². The van der Waals surface area contributed by atoms with E-state index >= 15 is 0 Å². The van der Waals surface area contributed by atoms with Crippen molar-refractivity contribution in [2.45, 2.75) is 12.5 Å². The minimum Gasteiger partial charge on any atom is -0.355 e. The summed E-state index contributed by atoms with van der Waals surface area (Å²) in [5.41, 5.74) is 1.12. The summed E-state index contributed by atoms with van der Waals surface area (Å²) >= 11 is 0. The lowest BCUT2D eigenvalue weighted by Crippen LogP contribution is -2.28. The van der Waals surface area contributed by atoms with Crippen molar-refractivity contribution < 1.29 is 14.3 Å². The molecule has 0 aromatic heterocycles. The van der Waals surface area contributed by atoms with Gasteiger partial charge in [0.1, 0.15) is 13.1 Å². The number of carbonyl (C=O) groups is 1. The molecule has 1 fully saturated rings. The van der Waals surface area contributed by atoms with Crippen LogP contribution in [0.2, 0.25) is 0 Å². The van der Waals surface area contributed by atoms with E-state index in [9.17, 15) is 4.79 Å². The fraction of sp³-hybridized carbons (Fsp3) is 0.417. The summed E-state index contributed by atoms with van der Waals surface area (Å²) < 4.78 is 10.8. The van der Waals surface area contributed by atoms with Gasteiger partial charge < -0.3 is 14.3 Å². The summed E-state index contributed by atoms with van der Waals surface area (Å²) in [5, 5.41) is 0. The maximum absolute atomic E-state index is 10.5. The molecule has 1 aromatic carbocycles. The highest BCUT2D eigenvalue weighted by atomic mass is 16.7. The highest BCUT2D eigenvalue weighted by Gasteiger charge is 2.27. The normalized spacial score (nSPS) is 26.1. The molecule has 80 valence electrons. The molecule has 15 heavy (non-hydrogen) atoms. The molecule has 0 unspecified atom stereocenters. The Morgan fingerprint density at radius 2 is 2.13 bits per heavy atom. The van der Waals surface area contributed by atoms with Gasteiger partial charge in [0.25, 0.3) is 0 Å². The largest absolute Gasteiger partial charge is 0.355 e. The first-order chi connectivity index (χ1) is 7.42. The number of hydrogen-bond acceptors (Lipinski definition) is 3. The van der Waals surface area contributed by atoms with E-state index in [0.717, 1.165) is 11.8 Å². The van der Waals surface area contributed by atoms with Crippen molar-refractivity contribution >= 4 is 6.29 Å². The third-order valence-corrected chi connectivity index (χ3v) is 2.62. The maximum atomic E-state index is 10.5. The predicted octanol–water partition coefficient (Wildman–Crippen LogP) is 1.94. The van der Waals surface area contributed by atoms with Gasteiger partial charge in [-0.3, -0.25) is 0 Å². The Labute approximate surface area is 89.0 Å². The van der Waals surface area contributed by atoms with Crippen molar-refractivity contribution in [1.82, 2.24) is 0 Å². The van der Waals surface area contributed by atoms with Gasteiger partial charge in [-0.25, -0.2) is 0 Å². The fourth-order valence-electron chi connectivity index (χ4n) is 1.87. The Kier molecular flexibility index (Phi) is 3.48. The number of carbonyl (C=O) groups excluding carboxylic acids is 1. The van der Waals surface area contributed by atoms with E-state index in [4.69, 9.17) is 9.47 Å². The molecule has 3 heteroatoms. The minimum atomic E-state index is -0.00912. The predicted molar refractivity (Wildman–Crippen MR) is 55.3 cm³/mol. The summed E-state index contributed by atoms with van der Waals surface area (Å²) in [6.07, 6.45) is 1.41. The van der Waals surface area contributed by atoms with Gasteiger partial charge in [-0.15, -0.1) is 0 Å². The molecule has 0 bridgehead atoms. The molecule has 0 radical (unpaired) electrons. The van der Waals surface area contributed by atoms with Gasteiger partial charge in [-0.05, 0) is 5.56 Å². The third-order valence-electron chi connectivity index (χ3n) is 2.62. The van der Waals surface area contributed by atoms with Crippen LogP contribution >= 0.6 is 0 Å². The number of hydrogen-bond donors (Lipinski definition) is 0. The van der Waals surface area contributed by atoms with E-state index in [-0.39, 0.29) is 12.0 Å². The van der Waals surface area contributed by atoms with Gasteiger partial charge in [0.2, 0.25) is 0 Å². The van der Waals surface area contributed by atoms with Crippen LogP contribution in [0.4, 0.5) is 0 Å². The van der Waals surface area contributed by atoms with Crippen LogP contribution in [0.1, 0.15) is 18.1 Å². The molecule has 1 aliphatic heterocycles. The molecular formula is C12H14O3. The van der Waals surface area contributed by atoms with E-state index in [1.807, 2.05) is 30.3 Å². The number of benzene rings is 1. The average Bonchev–Trinajstić information content (AvgIpc) is 2.31. The molecule has 0 N–H and O–H groups in total. The zero-order valence-corrected chi connectivity index (χ0v) is 8.46. The van der Waals surface area contributed by atoms with Crippen LogP contribution in [0.15, 0.2) is 30.3 Å². The molecule has 2 rings (SSSR count). The van der Waals surface area contributed by atoms with Crippen LogP contribution in [0.3, 0.4) is 0 Å². The van der Waals surface area contributed by atoms with Crippen LogP contribution in [0.5, 0.6) is 0 Å². The Bertz CT molecular complexity index is 310. The number of rotatable bonds is 3. The second-order valence-corrected chi connectivity index (χ2v) is 3.65. The van der Waals surface area contributed by atoms with E-state index in [0.29, 0.717) is 19.8 Å². The second-order valence-electron chi connectivity index (χ2n) is 3.65. The molecule has 0 amide bonds. The average molecular weight is 206 g/mol. The van der Waals surface area contributed by atoms with Crippen molar-refractivity contribution in [1.29, 1.82) is 0 Å². The van der Waals surface area contributed by atoms with Crippen molar-refractivity contribution in [3.63, 3.8) is 0 Å². The van der Waals surface area contributed by atoms with Crippen molar-refractivity contribution in [3.8, 4) is 0 Å². The molecular weight excluding hydrogens is 192 g/mol. The molecule has 3 nitrogen and oxygen atoms in total. The smallest absolute Gasteiger partial charge is 0.147 e. The van der Waals surface area contributed by atoms with Crippen molar-refractivity contribution in [2.24, 2.45) is 5.92 Å². The lowest BCUT2D eigenvalue weighted by molar-refractivity contribution is -0.174. The molecule has 2 atom stereocenters. The quantitative estimate of drug-likeness (QED) is 0.709. The van der Waals surface area contributed by atoms with E-state index in [1.54, 1.807) is 0 Å². The summed E-state index contributed by atoms with van der Waals surface area (Å²) in [5.74, 6) is 0.138. The van der Waals surface area contributed by atoms with Gasteiger partial charge in [0.05, 0.1) is 12.7 Å². The molecule has 0 saturated carbocycles. The van der Waals surface area contributed by atoms with E-state index < -0.39 is 0 Å². The zero-order valence-electron chi connectivity index (χ0n) is 8.46. The van der Waals surface area contributed by atoms with Crippen molar-refractivity contribution in [2.75, 3.05) is 13.4 Å². The van der Waals surface area contributed by atoms with Crippen molar-refractivity contribution in [3.05, 3.63) is 35.9 Å². The van der Waals surface area contributed by atoms with Gasteiger partial charge in [0, 0.05) is 12.3 Å². The van der Waals surface area contributed by atoms with Gasteiger partial charge in [-0.1, -0.05) is 30.3 Å². The first-order valence-corrected chi connectivity index (χ1v) is 5.09. The summed E-state index contributed by atoms with van der Waals surface area (Å²) in [6, 6.07) is 9.97. The van der Waals surface area contributed by atoms with Crippen LogP contribution in [-0.2, 0) is 14.3 Å². The fourth-order valence-corrected chi connectivity index (χ4v) is 1.87. The van der Waals surface area contributed by atoms with Crippen LogP contribution < -0.4 is 0 Å². The van der Waals surface area contributed by atoms with Crippen LogP contribution in [0.25, 0.3) is 0 Å². The summed E-state index contributed by atoms with van der Waals surface area (Å²) in [7, 11) is 0. The lowest BCUT2D eigenvalue weighted by Gasteiger charge is -2.30.